The van der Waals surface area contributed by atoms with E-state index in [0.717, 1.165) is 27.7 Å². The molecule has 106 valence electrons. The van der Waals surface area contributed by atoms with Crippen molar-refractivity contribution in [1.82, 2.24) is 4.98 Å². The molecular formula is C17H13Cl2NO. The van der Waals surface area contributed by atoms with Crippen molar-refractivity contribution in [3.05, 3.63) is 65.7 Å². The van der Waals surface area contributed by atoms with Crippen LogP contribution in [0.1, 0.15) is 15.9 Å². The third kappa shape index (κ3) is 3.07. The zero-order chi connectivity index (χ0) is 14.1. The van der Waals surface area contributed by atoms with Gasteiger partial charge < -0.3 is 0 Å². The summed E-state index contributed by atoms with van der Waals surface area (Å²) in [5, 5.41) is 0.338. The van der Waals surface area contributed by atoms with Crippen LogP contribution >= 0.6 is 24.0 Å². The zero-order valence-corrected chi connectivity index (χ0v) is 12.9. The van der Waals surface area contributed by atoms with Gasteiger partial charge in [0.15, 0.2) is 0 Å². The molecule has 0 amide bonds. The predicted molar refractivity (Wildman–Crippen MR) is 89.3 cm³/mol. The molecule has 0 spiro atoms. The van der Waals surface area contributed by atoms with Gasteiger partial charge in [-0.05, 0) is 36.7 Å². The molecule has 2 aromatic carbocycles. The van der Waals surface area contributed by atoms with Crippen LogP contribution in [0.5, 0.6) is 0 Å². The Morgan fingerprint density at radius 1 is 1.05 bits per heavy atom. The maximum Gasteiger partial charge on any atom is 0.253 e. The summed E-state index contributed by atoms with van der Waals surface area (Å²) in [5.74, 6) is 0. The van der Waals surface area contributed by atoms with Crippen molar-refractivity contribution >= 4 is 40.2 Å². The number of fused-ring (bicyclic) bond motifs is 1. The van der Waals surface area contributed by atoms with E-state index in [9.17, 15) is 4.79 Å². The minimum Gasteiger partial charge on any atom is -0.276 e. The summed E-state index contributed by atoms with van der Waals surface area (Å²) in [7, 11) is 0. The number of carbonyl (C=O) groups excluding carboxylic acids is 1. The quantitative estimate of drug-likeness (QED) is 0.622. The second-order valence-corrected chi connectivity index (χ2v) is 5.06. The van der Waals surface area contributed by atoms with Gasteiger partial charge >= 0.3 is 0 Å². The Morgan fingerprint density at radius 3 is 2.43 bits per heavy atom. The summed E-state index contributed by atoms with van der Waals surface area (Å²) in [6, 6.07) is 17.3. The molecule has 2 nitrogen and oxygen atoms in total. The van der Waals surface area contributed by atoms with E-state index in [1.807, 2.05) is 55.5 Å². The van der Waals surface area contributed by atoms with Crippen LogP contribution in [0.3, 0.4) is 0 Å². The van der Waals surface area contributed by atoms with Gasteiger partial charge in [0.05, 0.1) is 11.2 Å². The number of nitrogens with zero attached hydrogens (tertiary/aromatic N) is 1. The van der Waals surface area contributed by atoms with Crippen LogP contribution in [-0.4, -0.2) is 10.2 Å². The molecule has 21 heavy (non-hydrogen) atoms. The van der Waals surface area contributed by atoms with E-state index >= 15 is 0 Å². The Hall–Kier alpha value is -1.90. The molecule has 4 heteroatoms. The molecule has 0 bridgehead atoms. The number of rotatable bonds is 2. The summed E-state index contributed by atoms with van der Waals surface area (Å²) in [6.07, 6.45) is 0. The van der Waals surface area contributed by atoms with E-state index in [0.29, 0.717) is 5.56 Å². The second kappa shape index (κ2) is 6.25. The van der Waals surface area contributed by atoms with Crippen molar-refractivity contribution in [2.45, 2.75) is 6.92 Å². The molecule has 0 N–H and O–H groups in total. The minimum atomic E-state index is -0.458. The van der Waals surface area contributed by atoms with Gasteiger partial charge in [0.25, 0.3) is 5.24 Å². The lowest BCUT2D eigenvalue weighted by atomic mass is 10.0. The molecule has 0 fully saturated rings. The highest BCUT2D eigenvalue weighted by atomic mass is 35.5. The van der Waals surface area contributed by atoms with E-state index in [-0.39, 0.29) is 12.4 Å². The number of aromatic nitrogens is 1. The number of pyridine rings is 1. The third-order valence-electron chi connectivity index (χ3n) is 3.25. The Balaban J connectivity index is 0.00000161. The number of hydrogen-bond acceptors (Lipinski definition) is 2. The molecule has 1 aromatic heterocycles. The fourth-order valence-electron chi connectivity index (χ4n) is 2.26. The smallest absolute Gasteiger partial charge is 0.253 e. The Morgan fingerprint density at radius 2 is 1.76 bits per heavy atom. The highest BCUT2D eigenvalue weighted by molar-refractivity contribution is 6.68. The summed E-state index contributed by atoms with van der Waals surface area (Å²) < 4.78 is 0. The Kier molecular flexibility index (Phi) is 4.61. The van der Waals surface area contributed by atoms with Crippen molar-refractivity contribution in [3.8, 4) is 11.3 Å². The monoisotopic (exact) mass is 317 g/mol. The maximum atomic E-state index is 11.7. The zero-order valence-electron chi connectivity index (χ0n) is 11.3. The molecule has 0 aliphatic heterocycles. The molecule has 0 radical (unpaired) electrons. The molecule has 3 aromatic rings. The fourth-order valence-corrected chi connectivity index (χ4v) is 2.42. The van der Waals surface area contributed by atoms with Crippen LogP contribution in [0, 0.1) is 6.92 Å². The lowest BCUT2D eigenvalue weighted by Crippen LogP contribution is -1.96. The van der Waals surface area contributed by atoms with Crippen molar-refractivity contribution in [2.75, 3.05) is 0 Å². The topological polar surface area (TPSA) is 30.0 Å². The molecule has 1 heterocycles. The first-order valence-corrected chi connectivity index (χ1v) is 6.69. The van der Waals surface area contributed by atoms with E-state index in [1.165, 1.54) is 0 Å². The molecule has 0 unspecified atom stereocenters. The van der Waals surface area contributed by atoms with Crippen LogP contribution in [0.4, 0.5) is 0 Å². The largest absolute Gasteiger partial charge is 0.276 e. The maximum absolute atomic E-state index is 11.7. The van der Waals surface area contributed by atoms with Gasteiger partial charge in [0.1, 0.15) is 0 Å². The molecule has 0 aliphatic carbocycles. The third-order valence-corrected chi connectivity index (χ3v) is 3.45. The van der Waals surface area contributed by atoms with Crippen LogP contribution < -0.4 is 0 Å². The Bertz CT molecular complexity index is 800. The first kappa shape index (κ1) is 15.5. The van der Waals surface area contributed by atoms with Crippen molar-refractivity contribution in [3.63, 3.8) is 0 Å². The first-order valence-electron chi connectivity index (χ1n) is 6.32. The number of carbonyl (C=O) groups is 1. The fraction of sp³-hybridized carbons (Fsp3) is 0.0588. The number of halogens is 2. The molecular weight excluding hydrogens is 305 g/mol. The van der Waals surface area contributed by atoms with E-state index in [2.05, 4.69) is 4.98 Å². The van der Waals surface area contributed by atoms with Crippen LogP contribution in [0.15, 0.2) is 54.6 Å². The van der Waals surface area contributed by atoms with Gasteiger partial charge in [-0.15, -0.1) is 12.4 Å². The molecule has 0 aliphatic rings. The van der Waals surface area contributed by atoms with Crippen molar-refractivity contribution < 1.29 is 4.79 Å². The van der Waals surface area contributed by atoms with Crippen LogP contribution in [0.2, 0.25) is 0 Å². The van der Waals surface area contributed by atoms with Crippen LogP contribution in [-0.2, 0) is 0 Å². The molecule has 0 saturated carbocycles. The molecule has 3 rings (SSSR count). The normalized spacial score (nSPS) is 10.2. The number of hydrogen-bond donors (Lipinski definition) is 0. The summed E-state index contributed by atoms with van der Waals surface area (Å²) in [6.45, 7) is 1.98. The van der Waals surface area contributed by atoms with Gasteiger partial charge in [-0.1, -0.05) is 42.0 Å². The molecule has 0 saturated heterocycles. The Labute approximate surface area is 134 Å². The lowest BCUT2D eigenvalue weighted by Gasteiger charge is -2.08. The van der Waals surface area contributed by atoms with Gasteiger partial charge in [-0.3, -0.25) is 4.79 Å². The van der Waals surface area contributed by atoms with Gasteiger partial charge in [0, 0.05) is 16.5 Å². The molecule has 0 atom stereocenters. The van der Waals surface area contributed by atoms with Gasteiger partial charge in [0.2, 0.25) is 0 Å². The van der Waals surface area contributed by atoms with Crippen molar-refractivity contribution in [2.24, 2.45) is 0 Å². The summed E-state index contributed by atoms with van der Waals surface area (Å²) in [5.41, 5.74) is 4.08. The number of aryl methyl sites for hydroxylation is 1. The SMILES string of the molecule is Cc1ccc2nc(-c3ccccc3)cc(C(=O)Cl)c2c1.Cl. The van der Waals surface area contributed by atoms with E-state index in [1.54, 1.807) is 6.07 Å². The van der Waals surface area contributed by atoms with Gasteiger partial charge in [-0.25, -0.2) is 4.98 Å². The first-order chi connectivity index (χ1) is 9.65. The van der Waals surface area contributed by atoms with E-state index < -0.39 is 5.24 Å². The second-order valence-electron chi connectivity index (χ2n) is 4.72. The van der Waals surface area contributed by atoms with Gasteiger partial charge in [-0.2, -0.15) is 0 Å². The average Bonchev–Trinajstić information content (AvgIpc) is 2.47. The summed E-state index contributed by atoms with van der Waals surface area (Å²) in [4.78, 5) is 16.3. The van der Waals surface area contributed by atoms with Crippen LogP contribution in [0.25, 0.3) is 22.2 Å². The van der Waals surface area contributed by atoms with E-state index in [4.69, 9.17) is 11.6 Å². The summed E-state index contributed by atoms with van der Waals surface area (Å²) >= 11 is 5.73. The standard InChI is InChI=1S/C17H12ClNO.ClH/c1-11-7-8-15-13(9-11)14(17(18)20)10-16(19-15)12-5-3-2-4-6-12;/h2-10H,1H3;1H. The lowest BCUT2D eigenvalue weighted by molar-refractivity contribution is 0.108. The predicted octanol–water partition coefficient (Wildman–Crippen LogP) is 5.01. The number of benzene rings is 2. The minimum absolute atomic E-state index is 0. The highest BCUT2D eigenvalue weighted by Gasteiger charge is 2.12. The highest BCUT2D eigenvalue weighted by Crippen LogP contribution is 2.26. The average molecular weight is 318 g/mol. The van der Waals surface area contributed by atoms with Crippen molar-refractivity contribution in [1.29, 1.82) is 0 Å².